The van der Waals surface area contributed by atoms with Crippen LogP contribution >= 0.6 is 0 Å². The highest BCUT2D eigenvalue weighted by Crippen LogP contribution is 2.19. The molecule has 6 heteroatoms. The van der Waals surface area contributed by atoms with Crippen molar-refractivity contribution in [2.24, 2.45) is 0 Å². The highest BCUT2D eigenvalue weighted by Gasteiger charge is 2.22. The maximum absolute atomic E-state index is 10.4. The normalized spacial score (nSPS) is 17.8. The van der Waals surface area contributed by atoms with Crippen molar-refractivity contribution in [3.63, 3.8) is 0 Å². The van der Waals surface area contributed by atoms with Gasteiger partial charge in [0.1, 0.15) is 12.4 Å². The fraction of sp³-hybridized carbons (Fsp3) is 0.692. The number of aliphatic carboxylic acids is 1. The third kappa shape index (κ3) is 3.78. The largest absolute Gasteiger partial charge is 0.480 e. The van der Waals surface area contributed by atoms with E-state index in [1.165, 1.54) is 0 Å². The third-order valence-corrected chi connectivity index (χ3v) is 3.54. The van der Waals surface area contributed by atoms with Crippen LogP contribution in [-0.4, -0.2) is 46.9 Å². The Hall–Kier alpha value is -1.40. The van der Waals surface area contributed by atoms with E-state index in [9.17, 15) is 4.79 Å². The highest BCUT2D eigenvalue weighted by molar-refractivity contribution is 5.68. The van der Waals surface area contributed by atoms with Gasteiger partial charge < -0.3 is 14.4 Å². The van der Waals surface area contributed by atoms with E-state index in [-0.39, 0.29) is 12.7 Å². The molecule has 1 aromatic rings. The number of hydrogen-bond donors (Lipinski definition) is 1. The average molecular weight is 268 g/mol. The molecule has 0 aromatic carbocycles. The van der Waals surface area contributed by atoms with E-state index >= 15 is 0 Å². The molecule has 1 N–H and O–H groups in total. The second-order valence-corrected chi connectivity index (χ2v) is 4.98. The number of likely N-dealkylation sites (tertiary alicyclic amines) is 1. The van der Waals surface area contributed by atoms with Crippen LogP contribution < -0.4 is 0 Å². The van der Waals surface area contributed by atoms with Crippen LogP contribution in [0.15, 0.2) is 4.52 Å². The van der Waals surface area contributed by atoms with Crippen LogP contribution in [-0.2, 0) is 16.1 Å². The zero-order valence-corrected chi connectivity index (χ0v) is 11.4. The maximum Gasteiger partial charge on any atom is 0.329 e. The number of ether oxygens (including phenoxy) is 1. The molecule has 106 valence electrons. The van der Waals surface area contributed by atoms with Gasteiger partial charge in [0.05, 0.1) is 11.8 Å². The van der Waals surface area contributed by atoms with Crippen molar-refractivity contribution in [3.05, 3.63) is 17.0 Å². The topological polar surface area (TPSA) is 75.8 Å². The van der Waals surface area contributed by atoms with Gasteiger partial charge in [0.2, 0.25) is 0 Å². The Kier molecular flexibility index (Phi) is 4.55. The number of nitrogens with zero attached hydrogens (tertiary/aromatic N) is 2. The van der Waals surface area contributed by atoms with E-state index in [1.807, 2.05) is 13.8 Å². The van der Waals surface area contributed by atoms with Crippen molar-refractivity contribution < 1.29 is 19.2 Å². The predicted octanol–water partition coefficient (Wildman–Crippen LogP) is 1.36. The molecule has 19 heavy (non-hydrogen) atoms. The summed E-state index contributed by atoms with van der Waals surface area (Å²) in [5, 5.41) is 12.5. The molecule has 2 heterocycles. The van der Waals surface area contributed by atoms with Crippen molar-refractivity contribution >= 4 is 5.97 Å². The quantitative estimate of drug-likeness (QED) is 0.869. The molecule has 0 spiro atoms. The lowest BCUT2D eigenvalue weighted by Gasteiger charge is -2.31. The Bertz CT molecular complexity index is 416. The summed E-state index contributed by atoms with van der Waals surface area (Å²) >= 11 is 0. The fourth-order valence-corrected chi connectivity index (χ4v) is 2.37. The zero-order valence-electron chi connectivity index (χ0n) is 11.4. The van der Waals surface area contributed by atoms with Crippen LogP contribution in [0, 0.1) is 13.8 Å². The molecule has 1 fully saturated rings. The molecule has 0 amide bonds. The molecule has 2 rings (SSSR count). The predicted molar refractivity (Wildman–Crippen MR) is 67.9 cm³/mol. The monoisotopic (exact) mass is 268 g/mol. The molecule has 0 radical (unpaired) electrons. The highest BCUT2D eigenvalue weighted by atomic mass is 16.5. The summed E-state index contributed by atoms with van der Waals surface area (Å²) in [6.45, 7) is 6.34. The Morgan fingerprint density at radius 1 is 1.47 bits per heavy atom. The standard InChI is InChI=1S/C13H20N2O4/c1-9-12(10(2)19-14-9)7-15-5-3-11(4-6-15)18-8-13(16)17/h11H,3-8H2,1-2H3,(H,16,17). The van der Waals surface area contributed by atoms with Crippen molar-refractivity contribution in [3.8, 4) is 0 Å². The van der Waals surface area contributed by atoms with E-state index in [0.29, 0.717) is 0 Å². The lowest BCUT2D eigenvalue weighted by atomic mass is 10.1. The first-order valence-corrected chi connectivity index (χ1v) is 6.53. The Morgan fingerprint density at radius 2 is 2.16 bits per heavy atom. The van der Waals surface area contributed by atoms with E-state index < -0.39 is 5.97 Å². The maximum atomic E-state index is 10.4. The van der Waals surface area contributed by atoms with Crippen LogP contribution in [0.1, 0.15) is 29.9 Å². The number of rotatable bonds is 5. The summed E-state index contributed by atoms with van der Waals surface area (Å²) in [6, 6.07) is 0. The van der Waals surface area contributed by atoms with Crippen molar-refractivity contribution in [1.82, 2.24) is 10.1 Å². The smallest absolute Gasteiger partial charge is 0.329 e. The van der Waals surface area contributed by atoms with Gasteiger partial charge in [-0.1, -0.05) is 5.16 Å². The summed E-state index contributed by atoms with van der Waals surface area (Å²) in [7, 11) is 0. The number of aromatic nitrogens is 1. The van der Waals surface area contributed by atoms with E-state index in [0.717, 1.165) is 49.5 Å². The van der Waals surface area contributed by atoms with Crippen LogP contribution in [0.25, 0.3) is 0 Å². The number of carbonyl (C=O) groups is 1. The van der Waals surface area contributed by atoms with Gasteiger partial charge in [-0.25, -0.2) is 4.79 Å². The molecule has 6 nitrogen and oxygen atoms in total. The number of piperidine rings is 1. The van der Waals surface area contributed by atoms with Gasteiger partial charge in [0, 0.05) is 25.2 Å². The number of carboxylic acid groups (broad SMARTS) is 1. The zero-order chi connectivity index (χ0) is 13.8. The van der Waals surface area contributed by atoms with E-state index in [1.54, 1.807) is 0 Å². The van der Waals surface area contributed by atoms with E-state index in [4.69, 9.17) is 14.4 Å². The second kappa shape index (κ2) is 6.16. The van der Waals surface area contributed by atoms with Crippen LogP contribution in [0.3, 0.4) is 0 Å². The van der Waals surface area contributed by atoms with Gasteiger partial charge >= 0.3 is 5.97 Å². The molecule has 1 saturated heterocycles. The lowest BCUT2D eigenvalue weighted by Crippen LogP contribution is -2.37. The number of carboxylic acids is 1. The summed E-state index contributed by atoms with van der Waals surface area (Å²) in [4.78, 5) is 12.8. The van der Waals surface area contributed by atoms with Crippen LogP contribution in [0.4, 0.5) is 0 Å². The van der Waals surface area contributed by atoms with Crippen LogP contribution in [0.5, 0.6) is 0 Å². The third-order valence-electron chi connectivity index (χ3n) is 3.54. The number of aryl methyl sites for hydroxylation is 2. The van der Waals surface area contributed by atoms with Crippen molar-refractivity contribution in [2.45, 2.75) is 39.3 Å². The first-order valence-electron chi connectivity index (χ1n) is 6.53. The van der Waals surface area contributed by atoms with Crippen molar-refractivity contribution in [1.29, 1.82) is 0 Å². The Labute approximate surface area is 112 Å². The summed E-state index contributed by atoms with van der Waals surface area (Å²) in [6.07, 6.45) is 1.81. The molecule has 0 unspecified atom stereocenters. The van der Waals surface area contributed by atoms with Gasteiger partial charge in [-0.2, -0.15) is 0 Å². The van der Waals surface area contributed by atoms with Crippen LogP contribution in [0.2, 0.25) is 0 Å². The Morgan fingerprint density at radius 3 is 2.68 bits per heavy atom. The fourth-order valence-electron chi connectivity index (χ4n) is 2.37. The molecule has 0 atom stereocenters. The minimum Gasteiger partial charge on any atom is -0.480 e. The molecule has 0 saturated carbocycles. The van der Waals surface area contributed by atoms with Gasteiger partial charge in [0.25, 0.3) is 0 Å². The molecule has 1 aromatic heterocycles. The molecular formula is C13H20N2O4. The van der Waals surface area contributed by atoms with Gasteiger partial charge in [0.15, 0.2) is 0 Å². The van der Waals surface area contributed by atoms with E-state index in [2.05, 4.69) is 10.1 Å². The second-order valence-electron chi connectivity index (χ2n) is 4.98. The SMILES string of the molecule is Cc1noc(C)c1CN1CCC(OCC(=O)O)CC1. The number of hydrogen-bond acceptors (Lipinski definition) is 5. The summed E-state index contributed by atoms with van der Waals surface area (Å²) in [5.41, 5.74) is 2.10. The minimum absolute atomic E-state index is 0.0667. The summed E-state index contributed by atoms with van der Waals surface area (Å²) < 4.78 is 10.5. The molecule has 0 bridgehead atoms. The summed E-state index contributed by atoms with van der Waals surface area (Å²) in [5.74, 6) is -0.0279. The Balaban J connectivity index is 1.79. The first kappa shape index (κ1) is 14.0. The first-order chi connectivity index (χ1) is 9.06. The van der Waals surface area contributed by atoms with Gasteiger partial charge in [-0.3, -0.25) is 4.90 Å². The molecule has 1 aliphatic heterocycles. The average Bonchev–Trinajstić information content (AvgIpc) is 2.70. The lowest BCUT2D eigenvalue weighted by molar-refractivity contribution is -0.145. The molecular weight excluding hydrogens is 248 g/mol. The molecule has 0 aliphatic carbocycles. The molecule has 1 aliphatic rings. The van der Waals surface area contributed by atoms with Crippen molar-refractivity contribution in [2.75, 3.05) is 19.7 Å². The van der Waals surface area contributed by atoms with Gasteiger partial charge in [-0.15, -0.1) is 0 Å². The van der Waals surface area contributed by atoms with Gasteiger partial charge in [-0.05, 0) is 26.7 Å². The minimum atomic E-state index is -0.904.